The fraction of sp³-hybridized carbons (Fsp3) is 0.565. The minimum absolute atomic E-state index is 0.116. The lowest BCUT2D eigenvalue weighted by molar-refractivity contribution is -0.00569. The van der Waals surface area contributed by atoms with E-state index in [1.54, 1.807) is 0 Å². The van der Waals surface area contributed by atoms with Crippen molar-refractivity contribution < 1.29 is 4.74 Å². The van der Waals surface area contributed by atoms with Gasteiger partial charge in [0.15, 0.2) is 0 Å². The zero-order chi connectivity index (χ0) is 21.1. The SMILES string of the molecule is CC(C)(CNc1c(N2CCN(Cc3ccccc3)CC2)c(=O)c1=O)N1CCOCC1. The highest BCUT2D eigenvalue weighted by atomic mass is 16.5. The van der Waals surface area contributed by atoms with E-state index in [0.29, 0.717) is 17.9 Å². The van der Waals surface area contributed by atoms with Gasteiger partial charge in [0.25, 0.3) is 10.9 Å². The number of morpholine rings is 1. The van der Waals surface area contributed by atoms with E-state index in [1.807, 2.05) is 6.07 Å². The summed E-state index contributed by atoms with van der Waals surface area (Å²) >= 11 is 0. The maximum Gasteiger partial charge on any atom is 0.253 e. The first-order valence-corrected chi connectivity index (χ1v) is 10.9. The molecule has 2 aliphatic rings. The zero-order valence-corrected chi connectivity index (χ0v) is 18.0. The summed E-state index contributed by atoms with van der Waals surface area (Å²) in [5.41, 5.74) is 1.53. The third-order valence-electron chi connectivity index (χ3n) is 6.39. The van der Waals surface area contributed by atoms with Gasteiger partial charge in [0.1, 0.15) is 11.4 Å². The van der Waals surface area contributed by atoms with Crippen LogP contribution in [-0.2, 0) is 11.3 Å². The first-order chi connectivity index (χ1) is 14.5. The quantitative estimate of drug-likeness (QED) is 0.684. The molecule has 2 aromatic rings. The summed E-state index contributed by atoms with van der Waals surface area (Å²) in [7, 11) is 0. The van der Waals surface area contributed by atoms with E-state index < -0.39 is 0 Å². The van der Waals surface area contributed by atoms with Gasteiger partial charge in [-0.3, -0.25) is 19.4 Å². The van der Waals surface area contributed by atoms with Crippen LogP contribution in [0.5, 0.6) is 0 Å². The second-order valence-corrected chi connectivity index (χ2v) is 8.90. The molecule has 2 saturated heterocycles. The van der Waals surface area contributed by atoms with Gasteiger partial charge in [0.05, 0.1) is 13.2 Å². The smallest absolute Gasteiger partial charge is 0.253 e. The monoisotopic (exact) mass is 412 g/mol. The van der Waals surface area contributed by atoms with Gasteiger partial charge in [-0.15, -0.1) is 0 Å². The molecule has 7 nitrogen and oxygen atoms in total. The number of rotatable bonds is 7. The highest BCUT2D eigenvalue weighted by Crippen LogP contribution is 2.24. The molecular weight excluding hydrogens is 380 g/mol. The van der Waals surface area contributed by atoms with Crippen LogP contribution in [0.4, 0.5) is 11.4 Å². The van der Waals surface area contributed by atoms with E-state index in [2.05, 4.69) is 58.1 Å². The summed E-state index contributed by atoms with van der Waals surface area (Å²) in [5.74, 6) is 0. The molecule has 2 heterocycles. The minimum atomic E-state index is -0.380. The van der Waals surface area contributed by atoms with E-state index in [9.17, 15) is 9.59 Å². The molecule has 0 saturated carbocycles. The molecule has 0 aliphatic carbocycles. The Morgan fingerprint density at radius 1 is 0.933 bits per heavy atom. The van der Waals surface area contributed by atoms with E-state index in [-0.39, 0.29) is 16.4 Å². The lowest BCUT2D eigenvalue weighted by atomic mass is 10.0. The summed E-state index contributed by atoms with van der Waals surface area (Å²) in [5, 5.41) is 3.31. The molecule has 30 heavy (non-hydrogen) atoms. The molecule has 0 aromatic heterocycles. The van der Waals surface area contributed by atoms with Crippen molar-refractivity contribution in [2.24, 2.45) is 0 Å². The molecule has 2 aliphatic heterocycles. The second kappa shape index (κ2) is 8.88. The van der Waals surface area contributed by atoms with Gasteiger partial charge in [-0.05, 0) is 19.4 Å². The molecule has 0 unspecified atom stereocenters. The van der Waals surface area contributed by atoms with Crippen LogP contribution in [0.25, 0.3) is 0 Å². The summed E-state index contributed by atoms with van der Waals surface area (Å²) in [4.78, 5) is 31.5. The summed E-state index contributed by atoms with van der Waals surface area (Å²) in [6.45, 7) is 12.4. The van der Waals surface area contributed by atoms with Crippen LogP contribution in [0.3, 0.4) is 0 Å². The van der Waals surface area contributed by atoms with Gasteiger partial charge in [-0.2, -0.15) is 0 Å². The van der Waals surface area contributed by atoms with Gasteiger partial charge >= 0.3 is 0 Å². The van der Waals surface area contributed by atoms with Gasteiger partial charge in [-0.1, -0.05) is 30.3 Å². The molecular formula is C23H32N4O3. The molecule has 2 aromatic carbocycles. The average Bonchev–Trinajstić information content (AvgIpc) is 2.78. The van der Waals surface area contributed by atoms with Crippen LogP contribution in [0.15, 0.2) is 39.9 Å². The zero-order valence-electron chi connectivity index (χ0n) is 18.0. The Hall–Kier alpha value is -2.22. The Labute approximate surface area is 177 Å². The fourth-order valence-corrected chi connectivity index (χ4v) is 4.40. The molecule has 1 N–H and O–H groups in total. The van der Waals surface area contributed by atoms with Crippen LogP contribution in [0.2, 0.25) is 0 Å². The fourth-order valence-electron chi connectivity index (χ4n) is 4.40. The maximum atomic E-state index is 12.3. The number of nitrogens with one attached hydrogen (secondary N) is 1. The summed E-state index contributed by atoms with van der Waals surface area (Å²) in [6, 6.07) is 10.4. The van der Waals surface area contributed by atoms with Crippen molar-refractivity contribution >= 4 is 11.4 Å². The number of benzene rings is 1. The molecule has 0 atom stereocenters. The third-order valence-corrected chi connectivity index (χ3v) is 6.39. The number of piperazine rings is 1. The second-order valence-electron chi connectivity index (χ2n) is 8.90. The summed E-state index contributed by atoms with van der Waals surface area (Å²) < 4.78 is 5.45. The van der Waals surface area contributed by atoms with E-state index >= 15 is 0 Å². The Morgan fingerprint density at radius 3 is 2.27 bits per heavy atom. The van der Waals surface area contributed by atoms with Crippen molar-refractivity contribution in [1.82, 2.24) is 9.80 Å². The molecule has 0 spiro atoms. The van der Waals surface area contributed by atoms with E-state index in [0.717, 1.165) is 59.0 Å². The van der Waals surface area contributed by atoms with Crippen molar-refractivity contribution in [3.8, 4) is 0 Å². The van der Waals surface area contributed by atoms with Crippen molar-refractivity contribution in [1.29, 1.82) is 0 Å². The molecule has 4 rings (SSSR count). The largest absolute Gasteiger partial charge is 0.379 e. The van der Waals surface area contributed by atoms with Crippen molar-refractivity contribution in [3.05, 3.63) is 56.3 Å². The third kappa shape index (κ3) is 4.43. The van der Waals surface area contributed by atoms with Gasteiger partial charge in [0, 0.05) is 57.9 Å². The number of ether oxygens (including phenoxy) is 1. The Morgan fingerprint density at radius 2 is 1.60 bits per heavy atom. The van der Waals surface area contributed by atoms with Crippen molar-refractivity contribution in [3.63, 3.8) is 0 Å². The number of nitrogens with zero attached hydrogens (tertiary/aromatic N) is 3. The standard InChI is InChI=1S/C23H32N4O3/c1-23(2,27-12-14-30-15-13-27)17-24-19-20(22(29)21(19)28)26-10-8-25(9-11-26)16-18-6-4-3-5-7-18/h3-7,24H,8-17H2,1-2H3. The van der Waals surface area contributed by atoms with Crippen LogP contribution in [-0.4, -0.2) is 74.4 Å². The maximum absolute atomic E-state index is 12.3. The highest BCUT2D eigenvalue weighted by Gasteiger charge is 2.32. The lowest BCUT2D eigenvalue weighted by Gasteiger charge is -2.41. The molecule has 0 bridgehead atoms. The average molecular weight is 413 g/mol. The lowest BCUT2D eigenvalue weighted by Crippen LogP contribution is -2.55. The number of hydrogen-bond acceptors (Lipinski definition) is 7. The molecule has 2 fully saturated rings. The molecule has 0 amide bonds. The predicted octanol–water partition coefficient (Wildman–Crippen LogP) is 1.13. The molecule has 7 heteroatoms. The molecule has 162 valence electrons. The van der Waals surface area contributed by atoms with E-state index in [4.69, 9.17) is 4.74 Å². The van der Waals surface area contributed by atoms with Crippen LogP contribution >= 0.6 is 0 Å². The van der Waals surface area contributed by atoms with Crippen LogP contribution < -0.4 is 21.1 Å². The Bertz CT molecular complexity index is 906. The van der Waals surface area contributed by atoms with Crippen LogP contribution in [0, 0.1) is 0 Å². The molecule has 0 radical (unpaired) electrons. The number of anilines is 2. The predicted molar refractivity (Wildman–Crippen MR) is 120 cm³/mol. The van der Waals surface area contributed by atoms with Crippen molar-refractivity contribution in [2.45, 2.75) is 25.9 Å². The van der Waals surface area contributed by atoms with Crippen molar-refractivity contribution in [2.75, 3.05) is 69.2 Å². The Balaban J connectivity index is 1.35. The topological polar surface area (TPSA) is 65.1 Å². The summed E-state index contributed by atoms with van der Waals surface area (Å²) in [6.07, 6.45) is 0. The first kappa shape index (κ1) is 21.0. The minimum Gasteiger partial charge on any atom is -0.379 e. The van der Waals surface area contributed by atoms with E-state index in [1.165, 1.54) is 5.56 Å². The highest BCUT2D eigenvalue weighted by molar-refractivity contribution is 5.75. The van der Waals surface area contributed by atoms with Gasteiger partial charge < -0.3 is 15.0 Å². The Kier molecular flexibility index (Phi) is 6.22. The number of hydrogen-bond donors (Lipinski definition) is 1. The first-order valence-electron chi connectivity index (χ1n) is 10.9. The van der Waals surface area contributed by atoms with Gasteiger partial charge in [-0.25, -0.2) is 0 Å². The van der Waals surface area contributed by atoms with Gasteiger partial charge in [0.2, 0.25) is 0 Å². The normalized spacial score (nSPS) is 19.3. The van der Waals surface area contributed by atoms with Crippen LogP contribution in [0.1, 0.15) is 19.4 Å².